The summed E-state index contributed by atoms with van der Waals surface area (Å²) in [6.45, 7) is 1.79. The van der Waals surface area contributed by atoms with Gasteiger partial charge in [0.2, 0.25) is 0 Å². The summed E-state index contributed by atoms with van der Waals surface area (Å²) in [6.07, 6.45) is 4.23. The van der Waals surface area contributed by atoms with Crippen molar-refractivity contribution in [3.63, 3.8) is 0 Å². The summed E-state index contributed by atoms with van der Waals surface area (Å²) in [5.41, 5.74) is 2.18. The molecule has 1 fully saturated rings. The number of hydrogen-bond donors (Lipinski definition) is 0. The van der Waals surface area contributed by atoms with Crippen LogP contribution in [0.4, 0.5) is 0 Å². The number of para-hydroxylation sites is 1. The summed E-state index contributed by atoms with van der Waals surface area (Å²) in [5, 5.41) is 11.3. The Morgan fingerprint density at radius 1 is 1.11 bits per heavy atom. The molecule has 0 N–H and O–H groups in total. The molecule has 7 heteroatoms. The number of thioether (sulfide) groups is 1. The van der Waals surface area contributed by atoms with Gasteiger partial charge in [0.05, 0.1) is 6.04 Å². The molecule has 0 bridgehead atoms. The Hall–Kier alpha value is -1.53. The molecule has 27 heavy (non-hydrogen) atoms. The van der Waals surface area contributed by atoms with E-state index in [1.165, 1.54) is 0 Å². The highest BCUT2D eigenvalue weighted by molar-refractivity contribution is 7.98. The third-order valence-corrected chi connectivity index (χ3v) is 6.12. The lowest BCUT2D eigenvalue weighted by molar-refractivity contribution is 0.237. The van der Waals surface area contributed by atoms with Gasteiger partial charge in [-0.2, -0.15) is 0 Å². The van der Waals surface area contributed by atoms with Crippen molar-refractivity contribution in [3.05, 3.63) is 70.0 Å². The van der Waals surface area contributed by atoms with Crippen LogP contribution in [0.3, 0.4) is 0 Å². The molecule has 1 atom stereocenters. The fourth-order valence-electron chi connectivity index (χ4n) is 3.63. The third-order valence-electron chi connectivity index (χ3n) is 4.91. The molecule has 0 saturated carbocycles. The number of nitrogens with zero attached hydrogens (tertiary/aromatic N) is 4. The second-order valence-electron chi connectivity index (χ2n) is 6.58. The Labute approximate surface area is 173 Å². The fourth-order valence-corrected chi connectivity index (χ4v) is 4.60. The molecule has 1 saturated heterocycles. The molecule has 0 radical (unpaired) electrons. The third kappa shape index (κ3) is 3.87. The van der Waals surface area contributed by atoms with Gasteiger partial charge in [-0.3, -0.25) is 9.47 Å². The van der Waals surface area contributed by atoms with E-state index in [-0.39, 0.29) is 6.04 Å². The Morgan fingerprint density at radius 3 is 2.67 bits per heavy atom. The molecule has 0 spiro atoms. The second kappa shape index (κ2) is 8.23. The van der Waals surface area contributed by atoms with Crippen molar-refractivity contribution in [1.82, 2.24) is 19.7 Å². The van der Waals surface area contributed by atoms with Crippen LogP contribution in [-0.2, 0) is 6.54 Å². The van der Waals surface area contributed by atoms with E-state index in [1.807, 2.05) is 42.7 Å². The van der Waals surface area contributed by atoms with E-state index < -0.39 is 0 Å². The van der Waals surface area contributed by atoms with Gasteiger partial charge in [-0.15, -0.1) is 10.2 Å². The zero-order valence-electron chi connectivity index (χ0n) is 15.0. The van der Waals surface area contributed by atoms with E-state index in [9.17, 15) is 0 Å². The number of likely N-dealkylation sites (tertiary alicyclic amines) is 1. The molecule has 1 aliphatic heterocycles. The smallest absolute Gasteiger partial charge is 0.195 e. The normalized spacial score (nSPS) is 17.5. The summed E-state index contributed by atoms with van der Waals surface area (Å²) in [6, 6.07) is 16.2. The van der Waals surface area contributed by atoms with E-state index in [0.717, 1.165) is 48.2 Å². The largest absolute Gasteiger partial charge is 0.289 e. The standard InChI is InChI=1S/C20H20Cl2N4S/c1-27-20-24-23-19(26(20)16-6-3-2-4-7-16)18-8-5-11-25(18)13-14-9-10-15(21)12-17(14)22/h2-4,6-7,9-10,12,18H,5,8,11,13H2,1H3/t18-/m0/s1. The van der Waals surface area contributed by atoms with Gasteiger partial charge >= 0.3 is 0 Å². The van der Waals surface area contributed by atoms with Gasteiger partial charge in [0.1, 0.15) is 0 Å². The lowest BCUT2D eigenvalue weighted by Gasteiger charge is -2.25. The first-order chi connectivity index (χ1) is 13.2. The SMILES string of the molecule is CSc1nnc([C@@H]2CCCN2Cc2ccc(Cl)cc2Cl)n1-c1ccccc1. The minimum absolute atomic E-state index is 0.213. The predicted octanol–water partition coefficient (Wildman–Crippen LogP) is 5.63. The van der Waals surface area contributed by atoms with Gasteiger partial charge in [-0.05, 0) is 55.5 Å². The first kappa shape index (κ1) is 18.8. The summed E-state index contributed by atoms with van der Waals surface area (Å²) < 4.78 is 2.18. The Balaban J connectivity index is 1.67. The molecule has 0 aliphatic carbocycles. The summed E-state index contributed by atoms with van der Waals surface area (Å²) >= 11 is 14.1. The zero-order chi connectivity index (χ0) is 18.8. The molecular formula is C20H20Cl2N4S. The number of halogens is 2. The Bertz CT molecular complexity index is 929. The average Bonchev–Trinajstić information content (AvgIpc) is 3.30. The minimum atomic E-state index is 0.213. The van der Waals surface area contributed by atoms with E-state index in [0.29, 0.717) is 10.0 Å². The van der Waals surface area contributed by atoms with Gasteiger partial charge in [0.15, 0.2) is 11.0 Å². The maximum Gasteiger partial charge on any atom is 0.195 e. The number of rotatable bonds is 5. The number of hydrogen-bond acceptors (Lipinski definition) is 4. The lowest BCUT2D eigenvalue weighted by Crippen LogP contribution is -2.25. The summed E-state index contributed by atoms with van der Waals surface area (Å²) in [4.78, 5) is 2.43. The van der Waals surface area contributed by atoms with Crippen molar-refractivity contribution in [2.45, 2.75) is 30.6 Å². The molecule has 0 unspecified atom stereocenters. The van der Waals surface area contributed by atoms with Crippen LogP contribution in [0.1, 0.15) is 30.3 Å². The molecule has 1 aromatic heterocycles. The molecule has 2 aromatic carbocycles. The molecule has 3 aromatic rings. The van der Waals surface area contributed by atoms with Crippen LogP contribution in [0.5, 0.6) is 0 Å². The Kier molecular flexibility index (Phi) is 5.74. The molecule has 0 amide bonds. The highest BCUT2D eigenvalue weighted by Gasteiger charge is 2.31. The molecular weight excluding hydrogens is 399 g/mol. The molecule has 140 valence electrons. The van der Waals surface area contributed by atoms with Gasteiger partial charge in [-0.25, -0.2) is 0 Å². The zero-order valence-corrected chi connectivity index (χ0v) is 17.3. The van der Waals surface area contributed by atoms with Gasteiger partial charge in [0.25, 0.3) is 0 Å². The molecule has 4 nitrogen and oxygen atoms in total. The van der Waals surface area contributed by atoms with E-state index in [1.54, 1.807) is 11.8 Å². The van der Waals surface area contributed by atoms with Crippen molar-refractivity contribution in [1.29, 1.82) is 0 Å². The van der Waals surface area contributed by atoms with Crippen LogP contribution in [-0.4, -0.2) is 32.5 Å². The number of benzene rings is 2. The van der Waals surface area contributed by atoms with Crippen molar-refractivity contribution < 1.29 is 0 Å². The fraction of sp³-hybridized carbons (Fsp3) is 0.300. The maximum absolute atomic E-state index is 6.41. The number of aromatic nitrogens is 3. The highest BCUT2D eigenvalue weighted by Crippen LogP contribution is 2.36. The van der Waals surface area contributed by atoms with Crippen molar-refractivity contribution >= 4 is 35.0 Å². The van der Waals surface area contributed by atoms with Crippen molar-refractivity contribution in [2.75, 3.05) is 12.8 Å². The van der Waals surface area contributed by atoms with Crippen LogP contribution < -0.4 is 0 Å². The molecule has 4 rings (SSSR count). The quantitative estimate of drug-likeness (QED) is 0.502. The van der Waals surface area contributed by atoms with Gasteiger partial charge in [0, 0.05) is 22.3 Å². The van der Waals surface area contributed by atoms with Crippen LogP contribution >= 0.6 is 35.0 Å². The maximum atomic E-state index is 6.41. The van der Waals surface area contributed by atoms with Crippen LogP contribution in [0.15, 0.2) is 53.7 Å². The van der Waals surface area contributed by atoms with Gasteiger partial charge in [-0.1, -0.05) is 59.2 Å². The van der Waals surface area contributed by atoms with Crippen molar-refractivity contribution in [2.24, 2.45) is 0 Å². The first-order valence-corrected chi connectivity index (χ1v) is 10.9. The van der Waals surface area contributed by atoms with Crippen molar-refractivity contribution in [3.8, 4) is 5.69 Å². The van der Waals surface area contributed by atoms with E-state index in [2.05, 4.69) is 31.8 Å². The van der Waals surface area contributed by atoms with Gasteiger partial charge < -0.3 is 0 Å². The minimum Gasteiger partial charge on any atom is -0.289 e. The predicted molar refractivity (Wildman–Crippen MR) is 112 cm³/mol. The monoisotopic (exact) mass is 418 g/mol. The second-order valence-corrected chi connectivity index (χ2v) is 8.20. The lowest BCUT2D eigenvalue weighted by atomic mass is 10.1. The van der Waals surface area contributed by atoms with Crippen LogP contribution in [0.25, 0.3) is 5.69 Å². The topological polar surface area (TPSA) is 34.0 Å². The highest BCUT2D eigenvalue weighted by atomic mass is 35.5. The van der Waals surface area contributed by atoms with E-state index >= 15 is 0 Å². The first-order valence-electron chi connectivity index (χ1n) is 8.90. The summed E-state index contributed by atoms with van der Waals surface area (Å²) in [7, 11) is 0. The van der Waals surface area contributed by atoms with Crippen LogP contribution in [0.2, 0.25) is 10.0 Å². The molecule has 1 aliphatic rings. The average molecular weight is 419 g/mol. The van der Waals surface area contributed by atoms with Crippen LogP contribution in [0, 0.1) is 0 Å². The Morgan fingerprint density at radius 2 is 1.93 bits per heavy atom. The molecule has 2 heterocycles. The van der Waals surface area contributed by atoms with E-state index in [4.69, 9.17) is 23.2 Å². The summed E-state index contributed by atoms with van der Waals surface area (Å²) in [5.74, 6) is 0.994.